The highest BCUT2D eigenvalue weighted by atomic mass is 32.2. The van der Waals surface area contributed by atoms with E-state index in [9.17, 15) is 9.59 Å². The molecule has 154 valence electrons. The number of urea groups is 1. The van der Waals surface area contributed by atoms with E-state index in [1.54, 1.807) is 7.11 Å². The van der Waals surface area contributed by atoms with Gasteiger partial charge in [-0.3, -0.25) is 4.79 Å². The maximum Gasteiger partial charge on any atom is 0.315 e. The minimum atomic E-state index is -0.166. The number of thioether (sulfide) groups is 1. The number of carbonyl (C=O) groups excluding carboxylic acids is 2. The maximum atomic E-state index is 12.8. The molecule has 1 aromatic carbocycles. The van der Waals surface area contributed by atoms with Crippen LogP contribution in [0.1, 0.15) is 24.8 Å². The highest BCUT2D eigenvalue weighted by molar-refractivity contribution is 7.99. The van der Waals surface area contributed by atoms with E-state index in [1.165, 1.54) is 5.56 Å². The van der Waals surface area contributed by atoms with Crippen molar-refractivity contribution in [2.24, 2.45) is 5.92 Å². The molecule has 0 radical (unpaired) electrons. The summed E-state index contributed by atoms with van der Waals surface area (Å²) in [6, 6.07) is 9.88. The van der Waals surface area contributed by atoms with E-state index >= 15 is 0 Å². The van der Waals surface area contributed by atoms with E-state index in [1.807, 2.05) is 34.9 Å². The molecular formula is C21H31N3O3S. The molecule has 0 spiro atoms. The molecule has 2 aliphatic rings. The van der Waals surface area contributed by atoms with Crippen LogP contribution in [0.2, 0.25) is 0 Å². The molecule has 2 N–H and O–H groups in total. The van der Waals surface area contributed by atoms with Crippen LogP contribution < -0.4 is 10.6 Å². The average molecular weight is 406 g/mol. The Labute approximate surface area is 171 Å². The predicted molar refractivity (Wildman–Crippen MR) is 113 cm³/mol. The minimum Gasteiger partial charge on any atom is -0.379 e. The number of hydrogen-bond acceptors (Lipinski definition) is 4. The summed E-state index contributed by atoms with van der Waals surface area (Å²) in [7, 11) is 1.66. The van der Waals surface area contributed by atoms with Gasteiger partial charge >= 0.3 is 6.03 Å². The molecule has 0 unspecified atom stereocenters. The van der Waals surface area contributed by atoms with Crippen LogP contribution in [0.3, 0.4) is 0 Å². The Balaban J connectivity index is 1.43. The number of benzene rings is 1. The number of nitrogens with zero attached hydrogens (tertiary/aromatic N) is 1. The van der Waals surface area contributed by atoms with E-state index in [2.05, 4.69) is 22.8 Å². The lowest BCUT2D eigenvalue weighted by atomic mass is 9.83. The van der Waals surface area contributed by atoms with Crippen molar-refractivity contribution in [1.29, 1.82) is 0 Å². The number of amides is 3. The summed E-state index contributed by atoms with van der Waals surface area (Å²) in [5.74, 6) is 2.32. The molecule has 28 heavy (non-hydrogen) atoms. The van der Waals surface area contributed by atoms with Crippen LogP contribution in [0.25, 0.3) is 0 Å². The normalized spacial score (nSPS) is 25.2. The first kappa shape index (κ1) is 21.0. The lowest BCUT2D eigenvalue weighted by Gasteiger charge is -2.37. The zero-order valence-electron chi connectivity index (χ0n) is 16.6. The Morgan fingerprint density at radius 3 is 2.64 bits per heavy atom. The van der Waals surface area contributed by atoms with Crippen LogP contribution in [0.5, 0.6) is 0 Å². The number of methoxy groups -OCH3 is 1. The largest absolute Gasteiger partial charge is 0.379 e. The van der Waals surface area contributed by atoms with Crippen molar-refractivity contribution < 1.29 is 14.3 Å². The van der Waals surface area contributed by atoms with E-state index < -0.39 is 0 Å². The second kappa shape index (κ2) is 10.7. The molecule has 3 amide bonds. The lowest BCUT2D eigenvalue weighted by molar-refractivity contribution is -0.138. The van der Waals surface area contributed by atoms with E-state index in [-0.39, 0.29) is 30.0 Å². The fourth-order valence-electron chi connectivity index (χ4n) is 4.01. The first-order valence-electron chi connectivity index (χ1n) is 10.1. The van der Waals surface area contributed by atoms with Crippen LogP contribution in [-0.4, -0.2) is 67.2 Å². The van der Waals surface area contributed by atoms with Gasteiger partial charge in [0.2, 0.25) is 5.91 Å². The summed E-state index contributed by atoms with van der Waals surface area (Å²) < 4.78 is 5.63. The van der Waals surface area contributed by atoms with Gasteiger partial charge in [0, 0.05) is 44.2 Å². The highest BCUT2D eigenvalue weighted by Gasteiger charge is 2.36. The van der Waals surface area contributed by atoms with E-state index in [0.29, 0.717) is 13.0 Å². The van der Waals surface area contributed by atoms with Crippen LogP contribution >= 0.6 is 11.8 Å². The van der Waals surface area contributed by atoms with Gasteiger partial charge in [0.1, 0.15) is 0 Å². The fraction of sp³-hybridized carbons (Fsp3) is 0.619. The third kappa shape index (κ3) is 5.88. The van der Waals surface area contributed by atoms with Gasteiger partial charge in [-0.25, -0.2) is 4.79 Å². The smallest absolute Gasteiger partial charge is 0.315 e. The molecule has 3 atom stereocenters. The van der Waals surface area contributed by atoms with E-state index in [4.69, 9.17) is 4.74 Å². The average Bonchev–Trinajstić information content (AvgIpc) is 2.75. The third-order valence-corrected chi connectivity index (χ3v) is 6.57. The standard InChI is InChI=1S/C21H31N3O3S/c1-27-19-15-17(20(25)24-11-13-28-14-12-24)7-8-18(19)23-21(26)22-10-9-16-5-3-2-4-6-16/h2-6,17-19H,7-15H2,1H3,(H2,22,23,26)/t17-,18-,19-/m0/s1. The second-order valence-corrected chi connectivity index (χ2v) is 8.69. The summed E-state index contributed by atoms with van der Waals surface area (Å²) >= 11 is 1.91. The molecule has 1 heterocycles. The van der Waals surface area contributed by atoms with Gasteiger partial charge in [-0.05, 0) is 31.2 Å². The van der Waals surface area contributed by atoms with Gasteiger partial charge < -0.3 is 20.3 Å². The molecule has 1 saturated carbocycles. The van der Waals surface area contributed by atoms with Gasteiger partial charge in [0.25, 0.3) is 0 Å². The molecule has 1 saturated heterocycles. The van der Waals surface area contributed by atoms with Gasteiger partial charge in [-0.1, -0.05) is 30.3 Å². The summed E-state index contributed by atoms with van der Waals surface area (Å²) in [5, 5.41) is 5.97. The van der Waals surface area contributed by atoms with Gasteiger partial charge in [-0.2, -0.15) is 11.8 Å². The van der Waals surface area contributed by atoms with Crippen molar-refractivity contribution in [3.63, 3.8) is 0 Å². The highest BCUT2D eigenvalue weighted by Crippen LogP contribution is 2.29. The third-order valence-electron chi connectivity index (χ3n) is 5.63. The molecular weight excluding hydrogens is 374 g/mol. The first-order valence-corrected chi connectivity index (χ1v) is 11.3. The van der Waals surface area contributed by atoms with Gasteiger partial charge in [0.05, 0.1) is 12.1 Å². The Morgan fingerprint density at radius 2 is 1.93 bits per heavy atom. The first-order chi connectivity index (χ1) is 13.7. The molecule has 1 aliphatic heterocycles. The topological polar surface area (TPSA) is 70.7 Å². The molecule has 6 nitrogen and oxygen atoms in total. The summed E-state index contributed by atoms with van der Waals surface area (Å²) in [6.07, 6.45) is 2.92. The fourth-order valence-corrected chi connectivity index (χ4v) is 4.91. The molecule has 7 heteroatoms. The minimum absolute atomic E-state index is 0.00671. The van der Waals surface area contributed by atoms with Crippen molar-refractivity contribution in [3.05, 3.63) is 35.9 Å². The predicted octanol–water partition coefficient (Wildman–Crippen LogP) is 2.29. The zero-order chi connectivity index (χ0) is 19.8. The van der Waals surface area contributed by atoms with Crippen molar-refractivity contribution >= 4 is 23.7 Å². The molecule has 2 fully saturated rings. The summed E-state index contributed by atoms with van der Waals surface area (Å²) in [5.41, 5.74) is 1.20. The molecule has 1 aromatic rings. The Morgan fingerprint density at radius 1 is 1.18 bits per heavy atom. The zero-order valence-corrected chi connectivity index (χ0v) is 17.4. The monoisotopic (exact) mass is 405 g/mol. The van der Waals surface area contributed by atoms with Crippen molar-refractivity contribution in [1.82, 2.24) is 15.5 Å². The molecule has 3 rings (SSSR count). The SMILES string of the molecule is CO[C@H]1C[C@@H](C(=O)N2CCSCC2)CC[C@@H]1NC(=O)NCCc1ccccc1. The Hall–Kier alpha value is -1.73. The van der Waals surface area contributed by atoms with Crippen LogP contribution in [-0.2, 0) is 16.0 Å². The summed E-state index contributed by atoms with van der Waals surface area (Å²) in [4.78, 5) is 27.0. The number of ether oxygens (including phenoxy) is 1. The maximum absolute atomic E-state index is 12.8. The van der Waals surface area contributed by atoms with Gasteiger partial charge in [0.15, 0.2) is 0 Å². The second-order valence-electron chi connectivity index (χ2n) is 7.46. The molecule has 1 aliphatic carbocycles. The van der Waals surface area contributed by atoms with Crippen LogP contribution in [0.4, 0.5) is 4.79 Å². The Kier molecular flexibility index (Phi) is 8.03. The number of carbonyl (C=O) groups is 2. The quantitative estimate of drug-likeness (QED) is 0.762. The lowest BCUT2D eigenvalue weighted by Crippen LogP contribution is -2.53. The van der Waals surface area contributed by atoms with Crippen LogP contribution in [0.15, 0.2) is 30.3 Å². The van der Waals surface area contributed by atoms with Crippen molar-refractivity contribution in [2.75, 3.05) is 38.2 Å². The summed E-state index contributed by atoms with van der Waals surface area (Å²) in [6.45, 7) is 2.29. The van der Waals surface area contributed by atoms with Crippen molar-refractivity contribution in [3.8, 4) is 0 Å². The number of nitrogens with one attached hydrogen (secondary N) is 2. The Bertz CT molecular complexity index is 637. The molecule has 0 aromatic heterocycles. The van der Waals surface area contributed by atoms with Gasteiger partial charge in [-0.15, -0.1) is 0 Å². The van der Waals surface area contributed by atoms with E-state index in [0.717, 1.165) is 43.9 Å². The number of hydrogen-bond donors (Lipinski definition) is 2. The number of rotatable bonds is 6. The van der Waals surface area contributed by atoms with Crippen molar-refractivity contribution in [2.45, 2.75) is 37.8 Å². The van der Waals surface area contributed by atoms with Crippen LogP contribution in [0, 0.1) is 5.92 Å². The molecule has 0 bridgehead atoms.